The van der Waals surface area contributed by atoms with Crippen molar-refractivity contribution in [3.8, 4) is 11.5 Å². The van der Waals surface area contributed by atoms with Crippen LogP contribution in [0.2, 0.25) is 10.0 Å². The molecule has 0 radical (unpaired) electrons. The second-order valence-electron chi connectivity index (χ2n) is 5.36. The van der Waals surface area contributed by atoms with Gasteiger partial charge in [0.05, 0.1) is 16.5 Å². The van der Waals surface area contributed by atoms with Crippen molar-refractivity contribution in [2.45, 2.75) is 13.0 Å². The van der Waals surface area contributed by atoms with E-state index in [0.717, 1.165) is 16.9 Å². The van der Waals surface area contributed by atoms with Crippen LogP contribution in [0.4, 0.5) is 0 Å². The van der Waals surface area contributed by atoms with Crippen LogP contribution >= 0.6 is 23.2 Å². The molecule has 3 rings (SSSR count). The minimum Gasteiger partial charge on any atom is -0.454 e. The van der Waals surface area contributed by atoms with Crippen LogP contribution in [0.25, 0.3) is 0 Å². The Balaban J connectivity index is 1.64. The van der Waals surface area contributed by atoms with E-state index in [0.29, 0.717) is 22.3 Å². The molecule has 120 valence electrons. The van der Waals surface area contributed by atoms with Gasteiger partial charge in [-0.2, -0.15) is 0 Å². The van der Waals surface area contributed by atoms with Crippen molar-refractivity contribution in [2.24, 2.45) is 0 Å². The van der Waals surface area contributed by atoms with Gasteiger partial charge in [-0.15, -0.1) is 0 Å². The molecule has 23 heavy (non-hydrogen) atoms. The number of ether oxygens (including phenoxy) is 2. The SMILES string of the molecule is CN(Cc1ccc2c(c1)OCO2)C(=O)Cc1ccc(Cl)c(Cl)c1. The lowest BCUT2D eigenvalue weighted by Gasteiger charge is -2.17. The van der Waals surface area contributed by atoms with Crippen molar-refractivity contribution in [3.63, 3.8) is 0 Å². The first-order chi connectivity index (χ1) is 11.0. The number of hydrogen-bond donors (Lipinski definition) is 0. The van der Waals surface area contributed by atoms with Gasteiger partial charge in [0.2, 0.25) is 12.7 Å². The number of likely N-dealkylation sites (N-methyl/N-ethyl adjacent to an activating group) is 1. The molecule has 0 unspecified atom stereocenters. The van der Waals surface area contributed by atoms with E-state index in [9.17, 15) is 4.79 Å². The van der Waals surface area contributed by atoms with Gasteiger partial charge in [-0.25, -0.2) is 0 Å². The molecule has 0 aromatic heterocycles. The standard InChI is InChI=1S/C17H15Cl2NO3/c1-20(9-12-3-5-15-16(7-12)23-10-22-15)17(21)8-11-2-4-13(18)14(19)6-11/h2-7H,8-10H2,1H3. The molecule has 0 fully saturated rings. The Bertz CT molecular complexity index is 749. The molecule has 0 spiro atoms. The van der Waals surface area contributed by atoms with Crippen molar-refractivity contribution in [1.29, 1.82) is 0 Å². The summed E-state index contributed by atoms with van der Waals surface area (Å²) in [4.78, 5) is 14.0. The average Bonchev–Trinajstić information content (AvgIpc) is 2.98. The molecule has 1 heterocycles. The fraction of sp³-hybridized carbons (Fsp3) is 0.235. The maximum Gasteiger partial charge on any atom is 0.231 e. The lowest BCUT2D eigenvalue weighted by atomic mass is 10.1. The van der Waals surface area contributed by atoms with E-state index in [1.807, 2.05) is 18.2 Å². The van der Waals surface area contributed by atoms with Gasteiger partial charge in [0.15, 0.2) is 11.5 Å². The molecule has 6 heteroatoms. The molecule has 0 N–H and O–H groups in total. The monoisotopic (exact) mass is 351 g/mol. The summed E-state index contributed by atoms with van der Waals surface area (Å²) < 4.78 is 10.6. The van der Waals surface area contributed by atoms with E-state index < -0.39 is 0 Å². The number of hydrogen-bond acceptors (Lipinski definition) is 3. The molecule has 2 aromatic rings. The molecule has 1 amide bonds. The lowest BCUT2D eigenvalue weighted by Crippen LogP contribution is -2.27. The van der Waals surface area contributed by atoms with Crippen molar-refractivity contribution in [1.82, 2.24) is 4.90 Å². The number of nitrogens with zero attached hydrogens (tertiary/aromatic N) is 1. The summed E-state index contributed by atoms with van der Waals surface area (Å²) >= 11 is 11.9. The van der Waals surface area contributed by atoms with Gasteiger partial charge in [-0.05, 0) is 35.4 Å². The maximum absolute atomic E-state index is 12.3. The highest BCUT2D eigenvalue weighted by Gasteiger charge is 2.16. The summed E-state index contributed by atoms with van der Waals surface area (Å²) in [5, 5.41) is 0.937. The Hall–Kier alpha value is -1.91. The minimum absolute atomic E-state index is 0.000978. The summed E-state index contributed by atoms with van der Waals surface area (Å²) in [7, 11) is 1.77. The number of amides is 1. The topological polar surface area (TPSA) is 38.8 Å². The first-order valence-electron chi connectivity index (χ1n) is 7.09. The molecule has 0 aliphatic carbocycles. The number of benzene rings is 2. The quantitative estimate of drug-likeness (QED) is 0.837. The second-order valence-corrected chi connectivity index (χ2v) is 6.18. The van der Waals surface area contributed by atoms with Crippen LogP contribution < -0.4 is 9.47 Å². The highest BCUT2D eigenvalue weighted by atomic mass is 35.5. The zero-order valence-electron chi connectivity index (χ0n) is 12.5. The van der Waals surface area contributed by atoms with E-state index in [-0.39, 0.29) is 19.1 Å². The van der Waals surface area contributed by atoms with Crippen molar-refractivity contribution in [2.75, 3.05) is 13.8 Å². The van der Waals surface area contributed by atoms with Crippen molar-refractivity contribution in [3.05, 3.63) is 57.6 Å². The van der Waals surface area contributed by atoms with Crippen LogP contribution in [-0.4, -0.2) is 24.6 Å². The third kappa shape index (κ3) is 3.71. The van der Waals surface area contributed by atoms with Gasteiger partial charge in [0.1, 0.15) is 0 Å². The maximum atomic E-state index is 12.3. The van der Waals surface area contributed by atoms with Crippen LogP contribution in [-0.2, 0) is 17.8 Å². The summed E-state index contributed by atoms with van der Waals surface area (Å²) in [6, 6.07) is 10.9. The predicted molar refractivity (Wildman–Crippen MR) is 89.2 cm³/mol. The van der Waals surface area contributed by atoms with Crippen LogP contribution in [0.1, 0.15) is 11.1 Å². The van der Waals surface area contributed by atoms with Gasteiger partial charge in [-0.1, -0.05) is 35.3 Å². The lowest BCUT2D eigenvalue weighted by molar-refractivity contribution is -0.129. The Morgan fingerprint density at radius 1 is 1.04 bits per heavy atom. The molecule has 0 saturated carbocycles. The van der Waals surface area contributed by atoms with Gasteiger partial charge < -0.3 is 14.4 Å². The van der Waals surface area contributed by atoms with E-state index in [1.54, 1.807) is 30.1 Å². The van der Waals surface area contributed by atoms with E-state index in [1.165, 1.54) is 0 Å². The van der Waals surface area contributed by atoms with Crippen LogP contribution in [0.15, 0.2) is 36.4 Å². The highest BCUT2D eigenvalue weighted by Crippen LogP contribution is 2.32. The summed E-state index contributed by atoms with van der Waals surface area (Å²) in [6.07, 6.45) is 0.276. The molecule has 1 aliphatic rings. The fourth-order valence-electron chi connectivity index (χ4n) is 2.36. The largest absolute Gasteiger partial charge is 0.454 e. The first-order valence-corrected chi connectivity index (χ1v) is 7.85. The van der Waals surface area contributed by atoms with Crippen LogP contribution in [0.5, 0.6) is 11.5 Å². The number of fused-ring (bicyclic) bond motifs is 1. The summed E-state index contributed by atoms with van der Waals surface area (Å²) in [6.45, 7) is 0.738. The smallest absolute Gasteiger partial charge is 0.231 e. The number of carbonyl (C=O) groups excluding carboxylic acids is 1. The third-order valence-electron chi connectivity index (χ3n) is 3.62. The third-order valence-corrected chi connectivity index (χ3v) is 4.36. The molecule has 0 atom stereocenters. The summed E-state index contributed by atoms with van der Waals surface area (Å²) in [5.74, 6) is 1.45. The molecule has 2 aromatic carbocycles. The normalized spacial score (nSPS) is 12.3. The Morgan fingerprint density at radius 3 is 2.57 bits per heavy atom. The second kappa shape index (κ2) is 6.69. The van der Waals surface area contributed by atoms with Crippen molar-refractivity contribution < 1.29 is 14.3 Å². The highest BCUT2D eigenvalue weighted by molar-refractivity contribution is 6.42. The van der Waals surface area contributed by atoms with Gasteiger partial charge >= 0.3 is 0 Å². The average molecular weight is 352 g/mol. The summed E-state index contributed by atoms with van der Waals surface area (Å²) in [5.41, 5.74) is 1.82. The molecule has 1 aliphatic heterocycles. The molecule has 0 saturated heterocycles. The molecule has 0 bridgehead atoms. The molecular weight excluding hydrogens is 337 g/mol. The Kier molecular flexibility index (Phi) is 4.64. The number of halogens is 2. The van der Waals surface area contributed by atoms with Crippen LogP contribution in [0, 0.1) is 0 Å². The van der Waals surface area contributed by atoms with Gasteiger partial charge in [0.25, 0.3) is 0 Å². The zero-order chi connectivity index (χ0) is 16.4. The van der Waals surface area contributed by atoms with Crippen LogP contribution in [0.3, 0.4) is 0 Å². The van der Waals surface area contributed by atoms with E-state index >= 15 is 0 Å². The van der Waals surface area contributed by atoms with Gasteiger partial charge in [-0.3, -0.25) is 4.79 Å². The number of rotatable bonds is 4. The van der Waals surface area contributed by atoms with E-state index in [4.69, 9.17) is 32.7 Å². The number of carbonyl (C=O) groups is 1. The molecular formula is C17H15Cl2NO3. The Morgan fingerprint density at radius 2 is 1.78 bits per heavy atom. The fourth-order valence-corrected chi connectivity index (χ4v) is 2.68. The predicted octanol–water partition coefficient (Wildman–Crippen LogP) is 3.92. The van der Waals surface area contributed by atoms with Crippen molar-refractivity contribution >= 4 is 29.1 Å². The van der Waals surface area contributed by atoms with Gasteiger partial charge in [0, 0.05) is 13.6 Å². The minimum atomic E-state index is 0.000978. The Labute approximate surface area is 144 Å². The van der Waals surface area contributed by atoms with E-state index in [2.05, 4.69) is 0 Å². The molecule has 4 nitrogen and oxygen atoms in total. The first kappa shape index (κ1) is 16.0. The zero-order valence-corrected chi connectivity index (χ0v) is 14.0.